The lowest BCUT2D eigenvalue weighted by Crippen LogP contribution is -2.39. The zero-order valence-corrected chi connectivity index (χ0v) is 10.1. The SMILES string of the molecule is CC(C)CNC(=O)C1Cc2cc(F)ccc2N1. The van der Waals surface area contributed by atoms with E-state index in [1.165, 1.54) is 12.1 Å². The summed E-state index contributed by atoms with van der Waals surface area (Å²) in [5.74, 6) is 0.157. The average molecular weight is 236 g/mol. The van der Waals surface area contributed by atoms with Gasteiger partial charge >= 0.3 is 0 Å². The van der Waals surface area contributed by atoms with Crippen molar-refractivity contribution in [2.24, 2.45) is 5.92 Å². The van der Waals surface area contributed by atoms with E-state index in [1.807, 2.05) is 13.8 Å². The molecule has 0 bridgehead atoms. The van der Waals surface area contributed by atoms with Crippen LogP contribution in [-0.2, 0) is 11.2 Å². The Morgan fingerprint density at radius 1 is 1.59 bits per heavy atom. The zero-order chi connectivity index (χ0) is 12.4. The lowest BCUT2D eigenvalue weighted by molar-refractivity contribution is -0.121. The first-order valence-electron chi connectivity index (χ1n) is 5.89. The van der Waals surface area contributed by atoms with Crippen LogP contribution >= 0.6 is 0 Å². The number of anilines is 1. The number of hydrogen-bond donors (Lipinski definition) is 2. The van der Waals surface area contributed by atoms with E-state index in [-0.39, 0.29) is 17.8 Å². The van der Waals surface area contributed by atoms with Crippen molar-refractivity contribution in [3.05, 3.63) is 29.6 Å². The van der Waals surface area contributed by atoms with E-state index < -0.39 is 0 Å². The van der Waals surface area contributed by atoms with Gasteiger partial charge < -0.3 is 10.6 Å². The molecule has 1 heterocycles. The summed E-state index contributed by atoms with van der Waals surface area (Å²) in [7, 11) is 0. The number of amides is 1. The lowest BCUT2D eigenvalue weighted by atomic mass is 10.1. The molecule has 1 aliphatic rings. The van der Waals surface area contributed by atoms with Gasteiger partial charge in [-0.2, -0.15) is 0 Å². The van der Waals surface area contributed by atoms with Gasteiger partial charge in [0.05, 0.1) is 0 Å². The first-order valence-corrected chi connectivity index (χ1v) is 5.89. The highest BCUT2D eigenvalue weighted by atomic mass is 19.1. The van der Waals surface area contributed by atoms with Crippen molar-refractivity contribution >= 4 is 11.6 Å². The molecule has 0 aromatic heterocycles. The fraction of sp³-hybridized carbons (Fsp3) is 0.462. The molecule has 1 aromatic rings. The van der Waals surface area contributed by atoms with Gasteiger partial charge in [0.1, 0.15) is 11.9 Å². The Kier molecular flexibility index (Phi) is 3.31. The van der Waals surface area contributed by atoms with E-state index in [9.17, 15) is 9.18 Å². The summed E-state index contributed by atoms with van der Waals surface area (Å²) in [6.07, 6.45) is 0.553. The van der Waals surface area contributed by atoms with Crippen LogP contribution in [0.1, 0.15) is 19.4 Å². The first kappa shape index (κ1) is 11.9. The molecular weight excluding hydrogens is 219 g/mol. The van der Waals surface area contributed by atoms with Gasteiger partial charge in [0.15, 0.2) is 0 Å². The number of hydrogen-bond acceptors (Lipinski definition) is 2. The molecular formula is C13H17FN2O. The molecule has 1 atom stereocenters. The van der Waals surface area contributed by atoms with Crippen molar-refractivity contribution in [1.82, 2.24) is 5.32 Å². The number of carbonyl (C=O) groups excluding carboxylic acids is 1. The van der Waals surface area contributed by atoms with E-state index >= 15 is 0 Å². The average Bonchev–Trinajstić information content (AvgIpc) is 2.68. The Bertz CT molecular complexity index is 431. The van der Waals surface area contributed by atoms with Gasteiger partial charge in [-0.25, -0.2) is 4.39 Å². The molecule has 0 saturated heterocycles. The molecule has 0 spiro atoms. The van der Waals surface area contributed by atoms with E-state index in [0.717, 1.165) is 11.3 Å². The maximum atomic E-state index is 13.0. The fourth-order valence-electron chi connectivity index (χ4n) is 1.92. The van der Waals surface area contributed by atoms with Gasteiger partial charge in [-0.3, -0.25) is 4.79 Å². The summed E-state index contributed by atoms with van der Waals surface area (Å²) < 4.78 is 13.0. The minimum atomic E-state index is -0.273. The molecule has 17 heavy (non-hydrogen) atoms. The molecule has 1 aromatic carbocycles. The molecule has 92 valence electrons. The molecule has 2 N–H and O–H groups in total. The summed E-state index contributed by atoms with van der Waals surface area (Å²) in [6, 6.07) is 4.30. The third kappa shape index (κ3) is 2.75. The van der Waals surface area contributed by atoms with Crippen LogP contribution in [0, 0.1) is 11.7 Å². The lowest BCUT2D eigenvalue weighted by Gasteiger charge is -2.13. The number of rotatable bonds is 3. The Morgan fingerprint density at radius 3 is 3.06 bits per heavy atom. The summed E-state index contributed by atoms with van der Waals surface area (Å²) in [5, 5.41) is 5.98. The number of halogens is 1. The topological polar surface area (TPSA) is 41.1 Å². The summed E-state index contributed by atoms with van der Waals surface area (Å²) >= 11 is 0. The van der Waals surface area contributed by atoms with Crippen molar-refractivity contribution in [2.75, 3.05) is 11.9 Å². The van der Waals surface area contributed by atoms with Crippen LogP contribution in [-0.4, -0.2) is 18.5 Å². The highest BCUT2D eigenvalue weighted by Gasteiger charge is 2.26. The standard InChI is InChI=1S/C13H17FN2O/c1-8(2)7-15-13(17)12-6-9-5-10(14)3-4-11(9)16-12/h3-5,8,12,16H,6-7H2,1-2H3,(H,15,17). The van der Waals surface area contributed by atoms with Gasteiger partial charge in [0.2, 0.25) is 5.91 Å². The van der Waals surface area contributed by atoms with Crippen LogP contribution in [0.5, 0.6) is 0 Å². The van der Waals surface area contributed by atoms with Crippen LogP contribution < -0.4 is 10.6 Å². The van der Waals surface area contributed by atoms with Crippen LogP contribution in [0.25, 0.3) is 0 Å². The van der Waals surface area contributed by atoms with Crippen molar-refractivity contribution in [2.45, 2.75) is 26.3 Å². The molecule has 3 nitrogen and oxygen atoms in total. The summed E-state index contributed by atoms with van der Waals surface area (Å²) in [6.45, 7) is 4.76. The smallest absolute Gasteiger partial charge is 0.242 e. The monoisotopic (exact) mass is 236 g/mol. The predicted molar refractivity (Wildman–Crippen MR) is 65.4 cm³/mol. The van der Waals surface area contributed by atoms with Crippen molar-refractivity contribution in [3.8, 4) is 0 Å². The van der Waals surface area contributed by atoms with E-state index in [2.05, 4.69) is 10.6 Å². The van der Waals surface area contributed by atoms with Crippen LogP contribution in [0.3, 0.4) is 0 Å². The van der Waals surface area contributed by atoms with Crippen LogP contribution in [0.15, 0.2) is 18.2 Å². The van der Waals surface area contributed by atoms with E-state index in [1.54, 1.807) is 6.07 Å². The molecule has 0 radical (unpaired) electrons. The van der Waals surface area contributed by atoms with E-state index in [4.69, 9.17) is 0 Å². The maximum absolute atomic E-state index is 13.0. The molecule has 0 saturated carbocycles. The second-order valence-electron chi connectivity index (χ2n) is 4.84. The maximum Gasteiger partial charge on any atom is 0.242 e. The Morgan fingerprint density at radius 2 is 2.35 bits per heavy atom. The number of fused-ring (bicyclic) bond motifs is 1. The first-order chi connectivity index (χ1) is 8.06. The van der Waals surface area contributed by atoms with Crippen LogP contribution in [0.2, 0.25) is 0 Å². The predicted octanol–water partition coefficient (Wildman–Crippen LogP) is 1.93. The third-order valence-corrected chi connectivity index (χ3v) is 2.82. The molecule has 1 aliphatic heterocycles. The fourth-order valence-corrected chi connectivity index (χ4v) is 1.92. The molecule has 0 aliphatic carbocycles. The zero-order valence-electron chi connectivity index (χ0n) is 10.1. The van der Waals surface area contributed by atoms with E-state index in [0.29, 0.717) is 18.9 Å². The Balaban J connectivity index is 1.97. The largest absolute Gasteiger partial charge is 0.373 e. The van der Waals surface area contributed by atoms with Crippen molar-refractivity contribution in [3.63, 3.8) is 0 Å². The van der Waals surface area contributed by atoms with Gasteiger partial charge in [-0.15, -0.1) is 0 Å². The molecule has 4 heteroatoms. The van der Waals surface area contributed by atoms with Crippen molar-refractivity contribution in [1.29, 1.82) is 0 Å². The second-order valence-corrected chi connectivity index (χ2v) is 4.84. The Hall–Kier alpha value is -1.58. The number of benzene rings is 1. The molecule has 1 amide bonds. The minimum Gasteiger partial charge on any atom is -0.373 e. The summed E-state index contributed by atoms with van der Waals surface area (Å²) in [5.41, 5.74) is 1.73. The third-order valence-electron chi connectivity index (χ3n) is 2.82. The van der Waals surface area contributed by atoms with Gasteiger partial charge in [0.25, 0.3) is 0 Å². The van der Waals surface area contributed by atoms with Gasteiger partial charge in [-0.1, -0.05) is 13.8 Å². The minimum absolute atomic E-state index is 0.0182. The molecule has 2 rings (SSSR count). The van der Waals surface area contributed by atoms with Gasteiger partial charge in [0, 0.05) is 18.7 Å². The number of nitrogens with one attached hydrogen (secondary N) is 2. The second kappa shape index (κ2) is 4.73. The van der Waals surface area contributed by atoms with Crippen LogP contribution in [0.4, 0.5) is 10.1 Å². The van der Waals surface area contributed by atoms with Crippen molar-refractivity contribution < 1.29 is 9.18 Å². The highest BCUT2D eigenvalue weighted by Crippen LogP contribution is 2.26. The normalized spacial score (nSPS) is 17.8. The quantitative estimate of drug-likeness (QED) is 0.842. The number of carbonyl (C=O) groups is 1. The summed E-state index contributed by atoms with van der Waals surface area (Å²) in [4.78, 5) is 11.8. The van der Waals surface area contributed by atoms with Gasteiger partial charge in [-0.05, 0) is 29.7 Å². The molecule has 0 fully saturated rings. The highest BCUT2D eigenvalue weighted by molar-refractivity contribution is 5.87. The molecule has 1 unspecified atom stereocenters. The Labute approximate surface area is 100 Å².